The van der Waals surface area contributed by atoms with Crippen LogP contribution in [-0.4, -0.2) is 45.6 Å². The Balaban J connectivity index is 1.77. The van der Waals surface area contributed by atoms with Crippen LogP contribution in [0.1, 0.15) is 42.1 Å². The van der Waals surface area contributed by atoms with E-state index in [0.29, 0.717) is 10.8 Å². The highest BCUT2D eigenvalue weighted by Crippen LogP contribution is 2.28. The number of hydrogen-bond donors (Lipinski definition) is 0. The lowest BCUT2D eigenvalue weighted by Gasteiger charge is -2.29. The van der Waals surface area contributed by atoms with Gasteiger partial charge in [-0.15, -0.1) is 0 Å². The Labute approximate surface area is 187 Å². The van der Waals surface area contributed by atoms with E-state index in [1.165, 1.54) is 24.3 Å². The number of aryl methyl sites for hydroxylation is 1. The van der Waals surface area contributed by atoms with Gasteiger partial charge in [0.05, 0.1) is 24.1 Å². The number of amides is 2. The van der Waals surface area contributed by atoms with Gasteiger partial charge in [0, 0.05) is 25.1 Å². The van der Waals surface area contributed by atoms with Crippen molar-refractivity contribution < 1.29 is 27.5 Å². The molecule has 170 valence electrons. The monoisotopic (exact) mass is 458 g/mol. The highest BCUT2D eigenvalue weighted by atomic mass is 32.2. The first-order valence-electron chi connectivity index (χ1n) is 10.4. The summed E-state index contributed by atoms with van der Waals surface area (Å²) in [5.41, 5.74) is 2.07. The maximum atomic E-state index is 12.9. The van der Waals surface area contributed by atoms with Crippen LogP contribution in [0.15, 0.2) is 48.5 Å². The van der Waals surface area contributed by atoms with Gasteiger partial charge in [0.25, 0.3) is 0 Å². The fourth-order valence-corrected chi connectivity index (χ4v) is 4.69. The van der Waals surface area contributed by atoms with E-state index in [-0.39, 0.29) is 36.6 Å². The van der Waals surface area contributed by atoms with E-state index in [2.05, 4.69) is 0 Å². The molecular formula is C23H26N2O6S. The summed E-state index contributed by atoms with van der Waals surface area (Å²) in [7, 11) is -3.99. The van der Waals surface area contributed by atoms with E-state index in [0.717, 1.165) is 30.3 Å². The van der Waals surface area contributed by atoms with Crippen LogP contribution in [0.4, 0.5) is 11.4 Å². The molecule has 8 nitrogen and oxygen atoms in total. The fourth-order valence-electron chi connectivity index (χ4n) is 3.74. The van der Waals surface area contributed by atoms with Crippen LogP contribution >= 0.6 is 0 Å². The molecule has 0 spiro atoms. The van der Waals surface area contributed by atoms with Crippen LogP contribution in [0.2, 0.25) is 0 Å². The van der Waals surface area contributed by atoms with Gasteiger partial charge in [-0.1, -0.05) is 24.3 Å². The number of para-hydroxylation sites is 1. The molecule has 9 heteroatoms. The molecule has 0 aromatic heterocycles. The number of rotatable bonds is 7. The summed E-state index contributed by atoms with van der Waals surface area (Å²) in [6.45, 7) is 2.38. The Morgan fingerprint density at radius 2 is 1.81 bits per heavy atom. The van der Waals surface area contributed by atoms with Crippen LogP contribution in [0.25, 0.3) is 0 Å². The molecule has 2 aromatic carbocycles. The number of fused-ring (bicyclic) bond motifs is 1. The quantitative estimate of drug-likeness (QED) is 0.592. The molecule has 0 bridgehead atoms. The number of sulfonamides is 1. The zero-order valence-electron chi connectivity index (χ0n) is 18.1. The number of benzene rings is 2. The van der Waals surface area contributed by atoms with Gasteiger partial charge >= 0.3 is 5.97 Å². The van der Waals surface area contributed by atoms with Crippen molar-refractivity contribution >= 4 is 39.2 Å². The van der Waals surface area contributed by atoms with Crippen LogP contribution in [0.3, 0.4) is 0 Å². The molecule has 0 unspecified atom stereocenters. The first kappa shape index (κ1) is 23.5. The first-order valence-corrected chi connectivity index (χ1v) is 12.3. The number of nitrogens with zero attached hydrogens (tertiary/aromatic N) is 2. The van der Waals surface area contributed by atoms with Crippen LogP contribution < -0.4 is 9.21 Å². The number of esters is 1. The van der Waals surface area contributed by atoms with Crippen molar-refractivity contribution in [2.24, 2.45) is 0 Å². The summed E-state index contributed by atoms with van der Waals surface area (Å²) in [5.74, 6) is -1.60. The molecule has 3 rings (SSSR count). The Morgan fingerprint density at radius 3 is 2.53 bits per heavy atom. The molecule has 1 aliphatic heterocycles. The van der Waals surface area contributed by atoms with E-state index in [1.807, 2.05) is 24.3 Å². The Morgan fingerprint density at radius 1 is 1.06 bits per heavy atom. The minimum Gasteiger partial charge on any atom is -0.462 e. The van der Waals surface area contributed by atoms with E-state index >= 15 is 0 Å². The smallest absolute Gasteiger partial charge is 0.338 e. The van der Waals surface area contributed by atoms with Crippen molar-refractivity contribution in [2.45, 2.75) is 32.6 Å². The van der Waals surface area contributed by atoms with Gasteiger partial charge in [-0.2, -0.15) is 0 Å². The predicted octanol–water partition coefficient (Wildman–Crippen LogP) is 2.92. The molecule has 0 aliphatic carbocycles. The van der Waals surface area contributed by atoms with Crippen LogP contribution in [0.5, 0.6) is 0 Å². The standard InChI is InChI=1S/C23H26N2O6S/c1-3-31-23(28)18-9-6-11-19(16-18)25(32(2,29)30)22(27)14-13-21(26)24-15-7-10-17-8-4-5-12-20(17)24/h4-6,8-9,11-12,16H,3,7,10,13-15H2,1-2H3. The molecule has 0 saturated heterocycles. The van der Waals surface area contributed by atoms with Crippen LogP contribution in [-0.2, 0) is 30.8 Å². The van der Waals surface area contributed by atoms with Gasteiger partial charge in [0.2, 0.25) is 21.8 Å². The molecular weight excluding hydrogens is 432 g/mol. The minimum absolute atomic E-state index is 0.0267. The SMILES string of the molecule is CCOC(=O)c1cccc(N(C(=O)CCC(=O)N2CCCc3ccccc32)S(C)(=O)=O)c1. The molecule has 2 amide bonds. The number of hydrogen-bond acceptors (Lipinski definition) is 6. The maximum absolute atomic E-state index is 12.9. The van der Waals surface area contributed by atoms with E-state index < -0.39 is 21.9 Å². The van der Waals surface area contributed by atoms with E-state index in [9.17, 15) is 22.8 Å². The van der Waals surface area contributed by atoms with Crippen molar-refractivity contribution in [2.75, 3.05) is 28.6 Å². The maximum Gasteiger partial charge on any atom is 0.338 e. The third-order valence-electron chi connectivity index (χ3n) is 5.11. The third kappa shape index (κ3) is 5.34. The lowest BCUT2D eigenvalue weighted by atomic mass is 10.0. The van der Waals surface area contributed by atoms with Gasteiger partial charge in [0.1, 0.15) is 0 Å². The summed E-state index contributed by atoms with van der Waals surface area (Å²) in [5, 5.41) is 0. The lowest BCUT2D eigenvalue weighted by Crippen LogP contribution is -2.39. The summed E-state index contributed by atoms with van der Waals surface area (Å²) < 4.78 is 30.3. The lowest BCUT2D eigenvalue weighted by molar-refractivity contribution is -0.123. The van der Waals surface area contributed by atoms with Crippen molar-refractivity contribution in [3.63, 3.8) is 0 Å². The topological polar surface area (TPSA) is 101 Å². The average molecular weight is 459 g/mol. The van der Waals surface area contributed by atoms with Gasteiger partial charge < -0.3 is 9.64 Å². The van der Waals surface area contributed by atoms with E-state index in [4.69, 9.17) is 4.74 Å². The average Bonchev–Trinajstić information content (AvgIpc) is 2.76. The van der Waals surface area contributed by atoms with Gasteiger partial charge in [-0.05, 0) is 49.6 Å². The normalized spacial score (nSPS) is 13.2. The second-order valence-electron chi connectivity index (χ2n) is 7.47. The molecule has 0 radical (unpaired) electrons. The zero-order valence-corrected chi connectivity index (χ0v) is 18.9. The summed E-state index contributed by atoms with van der Waals surface area (Å²) in [4.78, 5) is 39.4. The second-order valence-corrected chi connectivity index (χ2v) is 9.30. The van der Waals surface area contributed by atoms with Gasteiger partial charge in [-0.25, -0.2) is 17.5 Å². The second kappa shape index (κ2) is 9.95. The first-order chi connectivity index (χ1) is 15.2. The number of carbonyl (C=O) groups excluding carboxylic acids is 3. The van der Waals surface area contributed by atoms with Gasteiger partial charge in [0.15, 0.2) is 0 Å². The molecule has 0 saturated carbocycles. The van der Waals surface area contributed by atoms with Crippen molar-refractivity contribution in [3.8, 4) is 0 Å². The largest absolute Gasteiger partial charge is 0.462 e. The Kier molecular flexibility index (Phi) is 7.29. The molecule has 32 heavy (non-hydrogen) atoms. The minimum atomic E-state index is -3.99. The highest BCUT2D eigenvalue weighted by molar-refractivity contribution is 7.92. The summed E-state index contributed by atoms with van der Waals surface area (Å²) in [6, 6.07) is 13.3. The number of anilines is 2. The van der Waals surface area contributed by atoms with Crippen molar-refractivity contribution in [3.05, 3.63) is 59.7 Å². The van der Waals surface area contributed by atoms with Crippen LogP contribution in [0, 0.1) is 0 Å². The number of ether oxygens (including phenoxy) is 1. The summed E-state index contributed by atoms with van der Waals surface area (Å²) in [6.07, 6.45) is 2.21. The molecule has 1 aliphatic rings. The fraction of sp³-hybridized carbons (Fsp3) is 0.348. The molecule has 0 N–H and O–H groups in total. The predicted molar refractivity (Wildman–Crippen MR) is 121 cm³/mol. The molecule has 0 fully saturated rings. The summed E-state index contributed by atoms with van der Waals surface area (Å²) >= 11 is 0. The highest BCUT2D eigenvalue weighted by Gasteiger charge is 2.28. The van der Waals surface area contributed by atoms with Crippen molar-refractivity contribution in [1.82, 2.24) is 0 Å². The van der Waals surface area contributed by atoms with E-state index in [1.54, 1.807) is 11.8 Å². The third-order valence-corrected chi connectivity index (χ3v) is 6.19. The van der Waals surface area contributed by atoms with Crippen molar-refractivity contribution in [1.29, 1.82) is 0 Å². The van der Waals surface area contributed by atoms with Gasteiger partial charge in [-0.3, -0.25) is 9.59 Å². The number of carbonyl (C=O) groups is 3. The molecule has 1 heterocycles. The Hall–Kier alpha value is -3.20. The molecule has 2 aromatic rings. The Bertz CT molecular complexity index is 1130. The zero-order chi connectivity index (χ0) is 23.3. The molecule has 0 atom stereocenters.